The number of primary sulfonamides is 1. The zero-order valence-electron chi connectivity index (χ0n) is 10.4. The van der Waals surface area contributed by atoms with Crippen molar-refractivity contribution in [1.29, 1.82) is 0 Å². The summed E-state index contributed by atoms with van der Waals surface area (Å²) in [4.78, 5) is 11.0. The summed E-state index contributed by atoms with van der Waals surface area (Å²) in [6.45, 7) is 0.305. The molecule has 1 unspecified atom stereocenters. The minimum Gasteiger partial charge on any atom is -0.480 e. The van der Waals surface area contributed by atoms with Crippen LogP contribution >= 0.6 is 0 Å². The molecule has 1 aromatic carbocycles. The number of rotatable bonds is 7. The van der Waals surface area contributed by atoms with E-state index in [-0.39, 0.29) is 4.90 Å². The van der Waals surface area contributed by atoms with E-state index in [1.54, 1.807) is 0 Å². The maximum Gasteiger partial charge on any atom is 0.326 e. The van der Waals surface area contributed by atoms with Crippen molar-refractivity contribution in [1.82, 2.24) is 0 Å². The number of nitrogens with one attached hydrogen (secondary N) is 1. The van der Waals surface area contributed by atoms with Gasteiger partial charge < -0.3 is 15.2 Å². The second-order valence-electron chi connectivity index (χ2n) is 3.89. The van der Waals surface area contributed by atoms with Crippen LogP contribution in [-0.4, -0.2) is 39.3 Å². The molecule has 0 spiro atoms. The van der Waals surface area contributed by atoms with Crippen LogP contribution in [0.2, 0.25) is 0 Å². The van der Waals surface area contributed by atoms with E-state index in [1.165, 1.54) is 31.4 Å². The van der Waals surface area contributed by atoms with Gasteiger partial charge in [-0.15, -0.1) is 0 Å². The number of sulfonamides is 1. The van der Waals surface area contributed by atoms with E-state index in [9.17, 15) is 13.2 Å². The molecule has 0 saturated heterocycles. The highest BCUT2D eigenvalue weighted by atomic mass is 32.2. The number of nitrogens with two attached hydrogens (primary N) is 1. The molecular formula is C11H16N2O5S. The van der Waals surface area contributed by atoms with E-state index in [4.69, 9.17) is 15.0 Å². The molecule has 0 aliphatic heterocycles. The summed E-state index contributed by atoms with van der Waals surface area (Å²) >= 11 is 0. The summed E-state index contributed by atoms with van der Waals surface area (Å²) in [5.41, 5.74) is 0.496. The van der Waals surface area contributed by atoms with Crippen LogP contribution in [0.5, 0.6) is 0 Å². The van der Waals surface area contributed by atoms with Crippen LogP contribution in [-0.2, 0) is 19.6 Å². The number of benzene rings is 1. The highest BCUT2D eigenvalue weighted by Gasteiger charge is 2.17. The van der Waals surface area contributed by atoms with Gasteiger partial charge in [-0.25, -0.2) is 18.4 Å². The molecular weight excluding hydrogens is 272 g/mol. The Morgan fingerprint density at radius 1 is 1.42 bits per heavy atom. The lowest BCUT2D eigenvalue weighted by Gasteiger charge is -2.15. The summed E-state index contributed by atoms with van der Waals surface area (Å²) in [6, 6.07) is 4.74. The van der Waals surface area contributed by atoms with Crippen LogP contribution in [0.3, 0.4) is 0 Å². The van der Waals surface area contributed by atoms with Gasteiger partial charge in [0, 0.05) is 25.8 Å². The minimum absolute atomic E-state index is 0.0261. The maximum absolute atomic E-state index is 11.1. The molecule has 0 heterocycles. The van der Waals surface area contributed by atoms with E-state index < -0.39 is 22.0 Å². The molecule has 0 saturated carbocycles. The van der Waals surface area contributed by atoms with Crippen molar-refractivity contribution in [3.05, 3.63) is 24.3 Å². The molecule has 0 aromatic heterocycles. The molecule has 4 N–H and O–H groups in total. The predicted octanol–water partition coefficient (Wildman–Crippen LogP) is 0.236. The Hall–Kier alpha value is -1.64. The Bertz CT molecular complexity index is 527. The molecule has 1 rings (SSSR count). The van der Waals surface area contributed by atoms with E-state index >= 15 is 0 Å². The molecule has 0 aliphatic rings. The van der Waals surface area contributed by atoms with Gasteiger partial charge in [0.15, 0.2) is 0 Å². The Morgan fingerprint density at radius 2 is 2.00 bits per heavy atom. The normalized spacial score (nSPS) is 12.9. The van der Waals surface area contributed by atoms with Gasteiger partial charge >= 0.3 is 5.97 Å². The number of ether oxygens (including phenoxy) is 1. The molecule has 0 aliphatic carbocycles. The average Bonchev–Trinajstić information content (AvgIpc) is 2.33. The van der Waals surface area contributed by atoms with Crippen LogP contribution < -0.4 is 10.5 Å². The van der Waals surface area contributed by atoms with E-state index in [2.05, 4.69) is 5.32 Å². The quantitative estimate of drug-likeness (QED) is 0.661. The first-order chi connectivity index (χ1) is 8.84. The van der Waals surface area contributed by atoms with Gasteiger partial charge in [0.2, 0.25) is 10.0 Å². The Labute approximate surface area is 111 Å². The van der Waals surface area contributed by atoms with E-state index in [0.29, 0.717) is 18.7 Å². The number of hydrogen-bond donors (Lipinski definition) is 3. The monoisotopic (exact) mass is 288 g/mol. The van der Waals surface area contributed by atoms with Crippen molar-refractivity contribution in [3.8, 4) is 0 Å². The number of carbonyl (C=O) groups is 1. The smallest absolute Gasteiger partial charge is 0.326 e. The van der Waals surface area contributed by atoms with Crippen molar-refractivity contribution in [2.45, 2.75) is 17.4 Å². The van der Waals surface area contributed by atoms with Crippen LogP contribution in [0.4, 0.5) is 5.69 Å². The fraction of sp³-hybridized carbons (Fsp3) is 0.364. The lowest BCUT2D eigenvalue weighted by atomic mass is 10.2. The molecule has 0 radical (unpaired) electrons. The lowest BCUT2D eigenvalue weighted by molar-refractivity contribution is -0.138. The van der Waals surface area contributed by atoms with Crippen LogP contribution in [0.15, 0.2) is 29.2 Å². The lowest BCUT2D eigenvalue weighted by Crippen LogP contribution is -2.30. The van der Waals surface area contributed by atoms with Crippen molar-refractivity contribution in [2.75, 3.05) is 19.0 Å². The van der Waals surface area contributed by atoms with Gasteiger partial charge in [-0.3, -0.25) is 0 Å². The Kier molecular flexibility index (Phi) is 5.28. The van der Waals surface area contributed by atoms with Gasteiger partial charge in [0.05, 0.1) is 4.90 Å². The summed E-state index contributed by atoms with van der Waals surface area (Å²) < 4.78 is 27.0. The first-order valence-corrected chi connectivity index (χ1v) is 7.00. The fourth-order valence-corrected chi connectivity index (χ4v) is 1.95. The highest BCUT2D eigenvalue weighted by Crippen LogP contribution is 2.14. The minimum atomic E-state index is -3.74. The molecule has 1 aromatic rings. The second kappa shape index (κ2) is 6.50. The van der Waals surface area contributed by atoms with Crippen molar-refractivity contribution in [3.63, 3.8) is 0 Å². The van der Waals surface area contributed by atoms with E-state index in [1.807, 2.05) is 0 Å². The van der Waals surface area contributed by atoms with Gasteiger partial charge in [0.1, 0.15) is 6.04 Å². The van der Waals surface area contributed by atoms with Crippen molar-refractivity contribution < 1.29 is 23.1 Å². The summed E-state index contributed by atoms with van der Waals surface area (Å²) in [5.74, 6) is -1.01. The molecule has 0 fully saturated rings. The third-order valence-corrected chi connectivity index (χ3v) is 3.36. The fourth-order valence-electron chi connectivity index (χ4n) is 1.44. The number of carboxylic acid groups (broad SMARTS) is 1. The van der Waals surface area contributed by atoms with E-state index in [0.717, 1.165) is 0 Å². The largest absolute Gasteiger partial charge is 0.480 e. The third-order valence-electron chi connectivity index (χ3n) is 2.43. The molecule has 8 heteroatoms. The summed E-state index contributed by atoms with van der Waals surface area (Å²) in [6.07, 6.45) is 0.294. The maximum atomic E-state index is 11.1. The highest BCUT2D eigenvalue weighted by molar-refractivity contribution is 7.89. The number of hydrogen-bond acceptors (Lipinski definition) is 5. The van der Waals surface area contributed by atoms with Crippen molar-refractivity contribution in [2.24, 2.45) is 5.14 Å². The third kappa shape index (κ3) is 4.86. The van der Waals surface area contributed by atoms with Crippen molar-refractivity contribution >= 4 is 21.7 Å². The predicted molar refractivity (Wildman–Crippen MR) is 69.4 cm³/mol. The molecule has 7 nitrogen and oxygen atoms in total. The summed E-state index contributed by atoms with van der Waals surface area (Å²) in [5, 5.41) is 16.8. The molecule has 106 valence electrons. The number of carboxylic acids is 1. The zero-order valence-corrected chi connectivity index (χ0v) is 11.2. The van der Waals surface area contributed by atoms with Crippen LogP contribution in [0.25, 0.3) is 0 Å². The number of methoxy groups -OCH3 is 1. The molecule has 19 heavy (non-hydrogen) atoms. The zero-order chi connectivity index (χ0) is 14.5. The van der Waals surface area contributed by atoms with Gasteiger partial charge in [-0.2, -0.15) is 0 Å². The number of anilines is 1. The molecule has 0 bridgehead atoms. The summed E-state index contributed by atoms with van der Waals surface area (Å²) in [7, 11) is -2.26. The standard InChI is InChI=1S/C11H16N2O5S/c1-18-7-6-10(11(14)15)13-8-2-4-9(5-3-8)19(12,16)17/h2-5,10,13H,6-7H2,1H3,(H,14,15)(H2,12,16,17). The second-order valence-corrected chi connectivity index (χ2v) is 5.45. The molecule has 1 atom stereocenters. The first kappa shape index (κ1) is 15.4. The van der Waals surface area contributed by atoms with Crippen LogP contribution in [0.1, 0.15) is 6.42 Å². The van der Waals surface area contributed by atoms with Crippen LogP contribution in [0, 0.1) is 0 Å². The average molecular weight is 288 g/mol. The number of aliphatic carboxylic acids is 1. The Balaban J connectivity index is 2.78. The molecule has 0 amide bonds. The van der Waals surface area contributed by atoms with Gasteiger partial charge in [-0.05, 0) is 24.3 Å². The first-order valence-electron chi connectivity index (χ1n) is 5.45. The Morgan fingerprint density at radius 3 is 2.42 bits per heavy atom. The van der Waals surface area contributed by atoms with Gasteiger partial charge in [0.25, 0.3) is 0 Å². The SMILES string of the molecule is COCCC(Nc1ccc(S(N)(=O)=O)cc1)C(=O)O. The topological polar surface area (TPSA) is 119 Å². The van der Waals surface area contributed by atoms with Gasteiger partial charge in [-0.1, -0.05) is 0 Å².